The van der Waals surface area contributed by atoms with E-state index < -0.39 is 23.1 Å². The Hall–Kier alpha value is -1.67. The number of hydrogen-bond acceptors (Lipinski definition) is 4. The molecule has 0 bridgehead atoms. The van der Waals surface area contributed by atoms with Crippen LogP contribution in [-0.2, 0) is 9.59 Å². The van der Waals surface area contributed by atoms with Gasteiger partial charge in [-0.15, -0.1) is 11.8 Å². The maximum absolute atomic E-state index is 14.1. The van der Waals surface area contributed by atoms with Crippen LogP contribution < -0.4 is 5.32 Å². The third kappa shape index (κ3) is 4.24. The molecule has 0 radical (unpaired) electrons. The van der Waals surface area contributed by atoms with E-state index in [2.05, 4.69) is 5.32 Å². The molecule has 2 amide bonds. The van der Waals surface area contributed by atoms with Gasteiger partial charge < -0.3 is 15.1 Å². The van der Waals surface area contributed by atoms with Crippen molar-refractivity contribution >= 4 is 23.6 Å². The molecule has 0 saturated carbocycles. The van der Waals surface area contributed by atoms with Crippen LogP contribution in [0.3, 0.4) is 0 Å². The van der Waals surface area contributed by atoms with Gasteiger partial charge in [0.25, 0.3) is 0 Å². The lowest BCUT2D eigenvalue weighted by molar-refractivity contribution is -0.137. The van der Waals surface area contributed by atoms with E-state index in [1.54, 1.807) is 6.92 Å². The highest BCUT2D eigenvalue weighted by Gasteiger charge is 2.39. The number of carbonyl (C=O) groups excluding carboxylic acids is 2. The van der Waals surface area contributed by atoms with Gasteiger partial charge in [0.15, 0.2) is 0 Å². The molecule has 5 nitrogen and oxygen atoms in total. The second-order valence-corrected chi connectivity index (χ2v) is 6.97. The molecule has 1 fully saturated rings. The van der Waals surface area contributed by atoms with Crippen molar-refractivity contribution in [3.63, 3.8) is 0 Å². The summed E-state index contributed by atoms with van der Waals surface area (Å²) in [5.74, 6) is -1.75. The number of thioether (sulfide) groups is 1. The Kier molecular flexibility index (Phi) is 6.17. The monoisotopic (exact) mass is 357 g/mol. The van der Waals surface area contributed by atoms with Crippen LogP contribution >= 0.6 is 11.8 Å². The number of likely N-dealkylation sites (N-methyl/N-ethyl adjacent to an activating group) is 1. The molecule has 2 atom stereocenters. The average Bonchev–Trinajstić information content (AvgIpc) is 2.87. The van der Waals surface area contributed by atoms with Gasteiger partial charge in [-0.2, -0.15) is 0 Å². The van der Waals surface area contributed by atoms with E-state index >= 15 is 0 Å². The molecule has 1 aliphatic heterocycles. The van der Waals surface area contributed by atoms with E-state index in [4.69, 9.17) is 0 Å². The van der Waals surface area contributed by atoms with Crippen molar-refractivity contribution in [1.29, 1.82) is 0 Å². The van der Waals surface area contributed by atoms with Gasteiger partial charge in [0.05, 0.1) is 5.75 Å². The summed E-state index contributed by atoms with van der Waals surface area (Å²) in [4.78, 5) is 27.8. The topological polar surface area (TPSA) is 52.7 Å². The SMILES string of the molecule is C[C@@H](C(=O)NCCN(C)C)N1C(=O)CS[C@@H]1c1ccc(F)cc1F. The van der Waals surface area contributed by atoms with Crippen molar-refractivity contribution in [3.05, 3.63) is 35.4 Å². The van der Waals surface area contributed by atoms with Crippen LogP contribution in [-0.4, -0.2) is 60.6 Å². The lowest BCUT2D eigenvalue weighted by Crippen LogP contribution is -2.48. The Labute approximate surface area is 144 Å². The minimum Gasteiger partial charge on any atom is -0.353 e. The van der Waals surface area contributed by atoms with E-state index in [1.807, 2.05) is 19.0 Å². The molecule has 1 aliphatic rings. The number of hydrogen-bond donors (Lipinski definition) is 1. The summed E-state index contributed by atoms with van der Waals surface area (Å²) < 4.78 is 27.2. The summed E-state index contributed by atoms with van der Waals surface area (Å²) >= 11 is 1.23. The summed E-state index contributed by atoms with van der Waals surface area (Å²) in [7, 11) is 3.78. The molecule has 1 heterocycles. The van der Waals surface area contributed by atoms with E-state index in [1.165, 1.54) is 22.7 Å². The maximum Gasteiger partial charge on any atom is 0.242 e. The Balaban J connectivity index is 2.13. The molecular weight excluding hydrogens is 336 g/mol. The van der Waals surface area contributed by atoms with E-state index in [9.17, 15) is 18.4 Å². The van der Waals surface area contributed by atoms with E-state index in [0.29, 0.717) is 13.1 Å². The Morgan fingerprint density at radius 3 is 2.79 bits per heavy atom. The predicted molar refractivity (Wildman–Crippen MR) is 89.4 cm³/mol. The minimum absolute atomic E-state index is 0.163. The zero-order chi connectivity index (χ0) is 17.9. The van der Waals surface area contributed by atoms with Gasteiger partial charge in [-0.25, -0.2) is 8.78 Å². The normalized spacial score (nSPS) is 19.0. The number of amides is 2. The summed E-state index contributed by atoms with van der Waals surface area (Å²) in [6, 6.07) is 2.54. The molecule has 0 aliphatic carbocycles. The fourth-order valence-corrected chi connectivity index (χ4v) is 3.75. The van der Waals surface area contributed by atoms with Crippen LogP contribution in [0, 0.1) is 11.6 Å². The highest BCUT2D eigenvalue weighted by atomic mass is 32.2. The second-order valence-electron chi connectivity index (χ2n) is 5.90. The Bertz CT molecular complexity index is 627. The average molecular weight is 357 g/mol. The standard InChI is InChI=1S/C16H21F2N3O2S/c1-10(15(23)19-6-7-20(2)3)21-14(22)9-24-16(21)12-5-4-11(17)8-13(12)18/h4-5,8,10,16H,6-7,9H2,1-3H3,(H,19,23)/t10-,16+/m0/s1. The van der Waals surface area contributed by atoms with Gasteiger partial charge in [0.1, 0.15) is 23.1 Å². The number of nitrogens with one attached hydrogen (secondary N) is 1. The fraction of sp³-hybridized carbons (Fsp3) is 0.500. The van der Waals surface area contributed by atoms with Gasteiger partial charge in [-0.05, 0) is 27.1 Å². The third-order valence-corrected chi connectivity index (χ3v) is 5.00. The van der Waals surface area contributed by atoms with Crippen molar-refractivity contribution in [2.75, 3.05) is 32.9 Å². The Morgan fingerprint density at radius 1 is 1.46 bits per heavy atom. The minimum atomic E-state index is -0.732. The van der Waals surface area contributed by atoms with Gasteiger partial charge in [0, 0.05) is 24.7 Å². The molecule has 8 heteroatoms. The molecule has 0 aromatic heterocycles. The van der Waals surface area contributed by atoms with E-state index in [0.717, 1.165) is 12.1 Å². The van der Waals surface area contributed by atoms with Crippen LogP contribution in [0.1, 0.15) is 17.9 Å². The predicted octanol–water partition coefficient (Wildman–Crippen LogP) is 1.61. The molecule has 1 aromatic carbocycles. The molecule has 0 spiro atoms. The smallest absolute Gasteiger partial charge is 0.242 e. The van der Waals surface area contributed by atoms with Gasteiger partial charge in [-0.1, -0.05) is 6.07 Å². The van der Waals surface area contributed by atoms with Crippen molar-refractivity contribution in [1.82, 2.24) is 15.1 Å². The number of benzene rings is 1. The number of nitrogens with zero attached hydrogens (tertiary/aromatic N) is 2. The van der Waals surface area contributed by atoms with Crippen molar-refractivity contribution in [2.45, 2.75) is 18.3 Å². The molecule has 0 unspecified atom stereocenters. The molecule has 1 N–H and O–H groups in total. The van der Waals surface area contributed by atoms with Crippen LogP contribution in [0.4, 0.5) is 8.78 Å². The molecule has 1 saturated heterocycles. The first-order chi connectivity index (χ1) is 11.3. The molecule has 1 aromatic rings. The number of carbonyl (C=O) groups is 2. The van der Waals surface area contributed by atoms with Crippen LogP contribution in [0.5, 0.6) is 0 Å². The second kappa shape index (κ2) is 7.94. The molecule has 24 heavy (non-hydrogen) atoms. The first-order valence-electron chi connectivity index (χ1n) is 7.61. The van der Waals surface area contributed by atoms with Crippen molar-refractivity contribution < 1.29 is 18.4 Å². The summed E-state index contributed by atoms with van der Waals surface area (Å²) in [6.07, 6.45) is 0. The largest absolute Gasteiger partial charge is 0.353 e. The van der Waals surface area contributed by atoms with Gasteiger partial charge in [0.2, 0.25) is 11.8 Å². The zero-order valence-corrected chi connectivity index (χ0v) is 14.7. The Morgan fingerprint density at radius 2 is 2.17 bits per heavy atom. The zero-order valence-electron chi connectivity index (χ0n) is 13.9. The lowest BCUT2D eigenvalue weighted by atomic mass is 10.1. The highest BCUT2D eigenvalue weighted by Crippen LogP contribution is 2.41. The molecular formula is C16H21F2N3O2S. The van der Waals surface area contributed by atoms with Gasteiger partial charge in [-0.3, -0.25) is 9.59 Å². The quantitative estimate of drug-likeness (QED) is 0.840. The number of halogens is 2. The number of rotatable bonds is 6. The summed E-state index contributed by atoms with van der Waals surface area (Å²) in [5.41, 5.74) is 0.209. The van der Waals surface area contributed by atoms with Crippen LogP contribution in [0.15, 0.2) is 18.2 Å². The fourth-order valence-electron chi connectivity index (χ4n) is 2.47. The maximum atomic E-state index is 14.1. The summed E-state index contributed by atoms with van der Waals surface area (Å²) in [6.45, 7) is 2.75. The van der Waals surface area contributed by atoms with Crippen molar-refractivity contribution in [3.8, 4) is 0 Å². The summed E-state index contributed by atoms with van der Waals surface area (Å²) in [5, 5.41) is 2.14. The van der Waals surface area contributed by atoms with Crippen molar-refractivity contribution in [2.24, 2.45) is 0 Å². The third-order valence-electron chi connectivity index (χ3n) is 3.79. The van der Waals surface area contributed by atoms with Crippen LogP contribution in [0.2, 0.25) is 0 Å². The highest BCUT2D eigenvalue weighted by molar-refractivity contribution is 8.00. The van der Waals surface area contributed by atoms with Crippen LogP contribution in [0.25, 0.3) is 0 Å². The lowest BCUT2D eigenvalue weighted by Gasteiger charge is -2.30. The van der Waals surface area contributed by atoms with Gasteiger partial charge >= 0.3 is 0 Å². The first-order valence-corrected chi connectivity index (χ1v) is 8.66. The van der Waals surface area contributed by atoms with E-state index in [-0.39, 0.29) is 23.1 Å². The molecule has 2 rings (SSSR count). The molecule has 132 valence electrons. The first kappa shape index (κ1) is 18.7.